The van der Waals surface area contributed by atoms with Crippen LogP contribution in [0.25, 0.3) is 0 Å². The molecule has 0 atom stereocenters. The second-order valence-corrected chi connectivity index (χ2v) is 2.56. The molecule has 0 saturated carbocycles. The predicted octanol–water partition coefficient (Wildman–Crippen LogP) is 2.49. The summed E-state index contributed by atoms with van der Waals surface area (Å²) in [7, 11) is 0. The fourth-order valence-corrected chi connectivity index (χ4v) is 1.02. The van der Waals surface area contributed by atoms with Crippen LogP contribution in [-0.4, -0.2) is 10.8 Å². The topological polar surface area (TPSA) is 30.0 Å². The number of hydrogen-bond acceptors (Lipinski definition) is 2. The molecule has 1 aromatic heterocycles. The van der Waals surface area contributed by atoms with Gasteiger partial charge in [-0.2, -0.15) is 0 Å². The molecule has 12 heavy (non-hydrogen) atoms. The number of rotatable bonds is 2. The summed E-state index contributed by atoms with van der Waals surface area (Å²) >= 11 is 5.69. The Morgan fingerprint density at radius 1 is 1.67 bits per heavy atom. The lowest BCUT2D eigenvalue weighted by Gasteiger charge is -1.96. The first-order valence-corrected chi connectivity index (χ1v) is 3.91. The fourth-order valence-electron chi connectivity index (χ4n) is 0.811. The summed E-state index contributed by atoms with van der Waals surface area (Å²) in [6.45, 7) is 1.78. The number of allylic oxidation sites excluding steroid dienone is 2. The molecule has 0 saturated heterocycles. The Kier molecular flexibility index (Phi) is 3.00. The van der Waals surface area contributed by atoms with Crippen molar-refractivity contribution in [2.75, 3.05) is 0 Å². The first kappa shape index (κ1) is 8.94. The molecule has 1 heterocycles. The smallest absolute Gasteiger partial charge is 0.188 e. The summed E-state index contributed by atoms with van der Waals surface area (Å²) in [5, 5.41) is 0.251. The Balaban J connectivity index is 3.03. The quantitative estimate of drug-likeness (QED) is 0.399. The van der Waals surface area contributed by atoms with Crippen LogP contribution in [0.3, 0.4) is 0 Å². The van der Waals surface area contributed by atoms with Crippen LogP contribution >= 0.6 is 11.6 Å². The highest BCUT2D eigenvalue weighted by Crippen LogP contribution is 2.12. The van der Waals surface area contributed by atoms with Crippen LogP contribution in [0.15, 0.2) is 30.5 Å². The summed E-state index contributed by atoms with van der Waals surface area (Å²) < 4.78 is 0. The molecule has 0 aliphatic heterocycles. The van der Waals surface area contributed by atoms with E-state index < -0.39 is 0 Å². The van der Waals surface area contributed by atoms with E-state index >= 15 is 0 Å². The number of carbonyl (C=O) groups excluding carboxylic acids is 1. The maximum absolute atomic E-state index is 11.3. The van der Waals surface area contributed by atoms with E-state index in [1.165, 1.54) is 6.08 Å². The minimum absolute atomic E-state index is 0.115. The van der Waals surface area contributed by atoms with Gasteiger partial charge < -0.3 is 0 Å². The number of nitrogens with zero attached hydrogens (tertiary/aromatic N) is 1. The molecule has 62 valence electrons. The molecule has 0 aromatic carbocycles. The molecule has 1 aromatic rings. The number of halogens is 1. The van der Waals surface area contributed by atoms with Crippen LogP contribution in [0.5, 0.6) is 0 Å². The van der Waals surface area contributed by atoms with Gasteiger partial charge in [-0.15, -0.1) is 0 Å². The van der Waals surface area contributed by atoms with Gasteiger partial charge in [0.1, 0.15) is 5.15 Å². The van der Waals surface area contributed by atoms with E-state index in [0.29, 0.717) is 5.56 Å². The minimum atomic E-state index is -0.115. The number of carbonyl (C=O) groups is 1. The molecule has 0 radical (unpaired) electrons. The van der Waals surface area contributed by atoms with Crippen LogP contribution in [-0.2, 0) is 0 Å². The molecular weight excluding hydrogens is 174 g/mol. The molecule has 0 amide bonds. The van der Waals surface area contributed by atoms with Crippen LogP contribution in [0.4, 0.5) is 0 Å². The first-order chi connectivity index (χ1) is 5.75. The van der Waals surface area contributed by atoms with Crippen molar-refractivity contribution in [1.29, 1.82) is 0 Å². The molecule has 2 nitrogen and oxygen atoms in total. The molecule has 1 rings (SSSR count). The van der Waals surface area contributed by atoms with Gasteiger partial charge in [0.25, 0.3) is 0 Å². The molecule has 0 aliphatic rings. The third-order valence-corrected chi connectivity index (χ3v) is 1.64. The molecule has 0 bridgehead atoms. The van der Waals surface area contributed by atoms with Gasteiger partial charge in [0.05, 0.1) is 5.56 Å². The standard InChI is InChI=1S/C9H8ClNO/c1-2-4-8(12)7-5-3-6-11-9(7)10/h2-6H,1H3/b4-2+. The van der Waals surface area contributed by atoms with Crippen molar-refractivity contribution in [3.63, 3.8) is 0 Å². The zero-order chi connectivity index (χ0) is 8.97. The van der Waals surface area contributed by atoms with E-state index in [0.717, 1.165) is 0 Å². The van der Waals surface area contributed by atoms with Crippen LogP contribution in [0, 0.1) is 0 Å². The highest BCUT2D eigenvalue weighted by atomic mass is 35.5. The number of aromatic nitrogens is 1. The maximum atomic E-state index is 11.3. The van der Waals surface area contributed by atoms with Crippen LogP contribution in [0.2, 0.25) is 5.15 Å². The van der Waals surface area contributed by atoms with E-state index in [4.69, 9.17) is 11.6 Å². The third kappa shape index (κ3) is 1.92. The lowest BCUT2D eigenvalue weighted by molar-refractivity contribution is 0.104. The average molecular weight is 182 g/mol. The zero-order valence-electron chi connectivity index (χ0n) is 6.62. The second kappa shape index (κ2) is 4.02. The van der Waals surface area contributed by atoms with E-state index in [1.807, 2.05) is 0 Å². The highest BCUT2D eigenvalue weighted by molar-refractivity contribution is 6.33. The summed E-state index contributed by atoms with van der Waals surface area (Å²) in [6.07, 6.45) is 4.68. The lowest BCUT2D eigenvalue weighted by atomic mass is 10.2. The van der Waals surface area contributed by atoms with Gasteiger partial charge in [-0.05, 0) is 25.1 Å². The normalized spacial score (nSPS) is 10.5. The number of pyridine rings is 1. The molecule has 0 aliphatic carbocycles. The van der Waals surface area contributed by atoms with Gasteiger partial charge in [-0.3, -0.25) is 4.79 Å². The Morgan fingerprint density at radius 3 is 3.00 bits per heavy atom. The molecular formula is C9H8ClNO. The van der Waals surface area contributed by atoms with Crippen LogP contribution < -0.4 is 0 Å². The van der Waals surface area contributed by atoms with E-state index in [-0.39, 0.29) is 10.9 Å². The summed E-state index contributed by atoms with van der Waals surface area (Å²) in [6, 6.07) is 3.33. The van der Waals surface area contributed by atoms with Crippen molar-refractivity contribution in [3.8, 4) is 0 Å². The van der Waals surface area contributed by atoms with Crippen molar-refractivity contribution in [1.82, 2.24) is 4.98 Å². The Bertz CT molecular complexity index is 320. The molecule has 0 N–H and O–H groups in total. The SMILES string of the molecule is C/C=C/C(=O)c1cccnc1Cl. The monoisotopic (exact) mass is 181 g/mol. The van der Waals surface area contributed by atoms with Crippen molar-refractivity contribution >= 4 is 17.4 Å². The van der Waals surface area contributed by atoms with Crippen molar-refractivity contribution in [3.05, 3.63) is 41.2 Å². The second-order valence-electron chi connectivity index (χ2n) is 2.21. The number of hydrogen-bond donors (Lipinski definition) is 0. The van der Waals surface area contributed by atoms with Gasteiger partial charge in [0, 0.05) is 6.20 Å². The van der Waals surface area contributed by atoms with E-state index in [2.05, 4.69) is 4.98 Å². The average Bonchev–Trinajstić information content (AvgIpc) is 2.05. The number of ketones is 1. The molecule has 3 heteroatoms. The van der Waals surface area contributed by atoms with Gasteiger partial charge in [-0.25, -0.2) is 4.98 Å². The first-order valence-electron chi connectivity index (χ1n) is 3.53. The Hall–Kier alpha value is -1.15. The fraction of sp³-hybridized carbons (Fsp3) is 0.111. The maximum Gasteiger partial charge on any atom is 0.188 e. The van der Waals surface area contributed by atoms with Gasteiger partial charge in [0.2, 0.25) is 0 Å². The molecule has 0 unspecified atom stereocenters. The summed E-state index contributed by atoms with van der Waals surface area (Å²) in [4.78, 5) is 15.0. The zero-order valence-corrected chi connectivity index (χ0v) is 7.38. The minimum Gasteiger partial charge on any atom is -0.289 e. The Labute approximate surface area is 75.9 Å². The largest absolute Gasteiger partial charge is 0.289 e. The van der Waals surface area contributed by atoms with Gasteiger partial charge >= 0.3 is 0 Å². The van der Waals surface area contributed by atoms with E-state index in [9.17, 15) is 4.79 Å². The van der Waals surface area contributed by atoms with Gasteiger partial charge in [-0.1, -0.05) is 17.7 Å². The molecule has 0 fully saturated rings. The van der Waals surface area contributed by atoms with E-state index in [1.54, 1.807) is 31.3 Å². The highest BCUT2D eigenvalue weighted by Gasteiger charge is 2.05. The van der Waals surface area contributed by atoms with Crippen molar-refractivity contribution in [2.45, 2.75) is 6.92 Å². The third-order valence-electron chi connectivity index (χ3n) is 1.34. The summed E-state index contributed by atoms with van der Waals surface area (Å²) in [5.74, 6) is -0.115. The summed E-state index contributed by atoms with van der Waals surface area (Å²) in [5.41, 5.74) is 0.442. The van der Waals surface area contributed by atoms with Gasteiger partial charge in [0.15, 0.2) is 5.78 Å². The van der Waals surface area contributed by atoms with Crippen molar-refractivity contribution in [2.24, 2.45) is 0 Å². The van der Waals surface area contributed by atoms with Crippen molar-refractivity contribution < 1.29 is 4.79 Å². The lowest BCUT2D eigenvalue weighted by Crippen LogP contribution is -1.96. The van der Waals surface area contributed by atoms with Crippen LogP contribution in [0.1, 0.15) is 17.3 Å². The Morgan fingerprint density at radius 2 is 2.42 bits per heavy atom. The predicted molar refractivity (Wildman–Crippen MR) is 48.4 cm³/mol. The molecule has 0 spiro atoms.